The van der Waals surface area contributed by atoms with Gasteiger partial charge in [-0.3, -0.25) is 0 Å². The number of halogens is 6. The molecule has 2 aromatic heterocycles. The van der Waals surface area contributed by atoms with Gasteiger partial charge in [0, 0.05) is 23.4 Å². The molecule has 0 spiro atoms. The van der Waals surface area contributed by atoms with E-state index in [0.717, 1.165) is 6.07 Å². The molecule has 2 heterocycles. The molecule has 0 aliphatic heterocycles. The summed E-state index contributed by atoms with van der Waals surface area (Å²) in [6.07, 6.45) is -0.994. The number of aromatic nitrogens is 5. The maximum atomic E-state index is 13.6. The van der Waals surface area contributed by atoms with Crippen LogP contribution in [0.15, 0.2) is 28.8 Å². The Balaban J connectivity index is 1.43. The molecule has 6 nitrogen and oxygen atoms in total. The summed E-state index contributed by atoms with van der Waals surface area (Å²) in [6.45, 7) is -1.92. The van der Waals surface area contributed by atoms with Crippen molar-refractivity contribution in [2.24, 2.45) is 7.05 Å². The Labute approximate surface area is 190 Å². The van der Waals surface area contributed by atoms with E-state index in [-0.39, 0.29) is 17.2 Å². The Morgan fingerprint density at radius 3 is 2.18 bits per heavy atom. The Kier molecular flexibility index (Phi) is 5.07. The van der Waals surface area contributed by atoms with Crippen molar-refractivity contribution in [3.8, 4) is 11.4 Å². The largest absolute Gasteiger partial charge is 0.417 e. The van der Waals surface area contributed by atoms with Crippen molar-refractivity contribution in [3.05, 3.63) is 47.4 Å². The highest BCUT2D eigenvalue weighted by molar-refractivity contribution is 5.61. The average Bonchev–Trinajstić information content (AvgIpc) is 3.48. The molecule has 0 radical (unpaired) electrons. The second-order valence-electron chi connectivity index (χ2n) is 9.27. The predicted octanol–water partition coefficient (Wildman–Crippen LogP) is 5.49. The Morgan fingerprint density at radius 2 is 1.56 bits per heavy atom. The molecule has 3 aromatic rings. The molecular formula is C22H21F6N5O. The van der Waals surface area contributed by atoms with Crippen molar-refractivity contribution >= 4 is 0 Å². The van der Waals surface area contributed by atoms with E-state index in [9.17, 15) is 26.3 Å². The van der Waals surface area contributed by atoms with Crippen LogP contribution in [0.2, 0.25) is 0 Å². The van der Waals surface area contributed by atoms with Gasteiger partial charge in [0.1, 0.15) is 5.82 Å². The van der Waals surface area contributed by atoms with Gasteiger partial charge in [-0.15, -0.1) is 10.2 Å². The van der Waals surface area contributed by atoms with Crippen LogP contribution in [0.5, 0.6) is 0 Å². The van der Waals surface area contributed by atoms with Crippen LogP contribution in [0.3, 0.4) is 0 Å². The van der Waals surface area contributed by atoms with E-state index >= 15 is 0 Å². The lowest BCUT2D eigenvalue weighted by atomic mass is 9.53. The van der Waals surface area contributed by atoms with Gasteiger partial charge in [-0.25, -0.2) is 4.39 Å². The van der Waals surface area contributed by atoms with Crippen LogP contribution >= 0.6 is 0 Å². The van der Waals surface area contributed by atoms with E-state index in [1.165, 1.54) is 18.2 Å². The quantitative estimate of drug-likeness (QED) is 0.447. The van der Waals surface area contributed by atoms with Gasteiger partial charge in [-0.05, 0) is 44.6 Å². The first kappa shape index (κ1) is 22.9. The monoisotopic (exact) mass is 485 g/mol. The third-order valence-electron chi connectivity index (χ3n) is 7.45. The fourth-order valence-electron chi connectivity index (χ4n) is 5.45. The normalized spacial score (nSPS) is 25.1. The zero-order valence-corrected chi connectivity index (χ0v) is 18.2. The molecule has 3 fully saturated rings. The standard InChI is InChI=1S/C22H21F6N5O/c1-33-15(13-4-2-3-5-14(13)22(26,27)28)30-31-17(33)20-9-6-19(7-10-20,8-11-20)16-29-18(34-32-16)21(24,25)12-23/h2-5H,6-12H2,1H3. The van der Waals surface area contributed by atoms with Gasteiger partial charge in [0.2, 0.25) is 0 Å². The van der Waals surface area contributed by atoms with Gasteiger partial charge in [0.05, 0.1) is 5.56 Å². The van der Waals surface area contributed by atoms with Crippen molar-refractivity contribution in [2.45, 2.75) is 61.5 Å². The van der Waals surface area contributed by atoms with Crippen molar-refractivity contribution in [1.82, 2.24) is 24.9 Å². The number of hydrogen-bond acceptors (Lipinski definition) is 5. The van der Waals surface area contributed by atoms with Crippen molar-refractivity contribution in [1.29, 1.82) is 0 Å². The minimum absolute atomic E-state index is 0.0401. The third kappa shape index (κ3) is 3.40. The van der Waals surface area contributed by atoms with Crippen LogP contribution in [-0.2, 0) is 30.0 Å². The topological polar surface area (TPSA) is 69.6 Å². The Bertz CT molecular complexity index is 1190. The zero-order valence-electron chi connectivity index (χ0n) is 18.2. The van der Waals surface area contributed by atoms with Crippen LogP contribution in [-0.4, -0.2) is 31.6 Å². The molecule has 0 unspecified atom stereocenters. The predicted molar refractivity (Wildman–Crippen MR) is 107 cm³/mol. The molecule has 6 rings (SSSR count). The van der Waals surface area contributed by atoms with E-state index in [2.05, 4.69) is 24.9 Å². The van der Waals surface area contributed by atoms with Crippen LogP contribution < -0.4 is 0 Å². The van der Waals surface area contributed by atoms with Gasteiger partial charge in [-0.2, -0.15) is 26.9 Å². The van der Waals surface area contributed by atoms with Crippen molar-refractivity contribution in [2.75, 3.05) is 6.67 Å². The molecule has 34 heavy (non-hydrogen) atoms. The minimum atomic E-state index is -4.53. The Morgan fingerprint density at radius 1 is 0.941 bits per heavy atom. The number of alkyl halides is 6. The highest BCUT2D eigenvalue weighted by atomic mass is 19.4. The maximum absolute atomic E-state index is 13.6. The highest BCUT2D eigenvalue weighted by Crippen LogP contribution is 2.58. The molecule has 182 valence electrons. The summed E-state index contributed by atoms with van der Waals surface area (Å²) in [4.78, 5) is 3.83. The Hall–Kier alpha value is -2.92. The molecule has 0 saturated heterocycles. The fourth-order valence-corrected chi connectivity index (χ4v) is 5.45. The van der Waals surface area contributed by atoms with Crippen LogP contribution in [0.4, 0.5) is 26.3 Å². The molecule has 3 aliphatic carbocycles. The van der Waals surface area contributed by atoms with Gasteiger partial charge < -0.3 is 9.09 Å². The maximum Gasteiger partial charge on any atom is 0.417 e. The summed E-state index contributed by atoms with van der Waals surface area (Å²) < 4.78 is 86.7. The van der Waals surface area contributed by atoms with Crippen LogP contribution in [0.1, 0.15) is 61.6 Å². The molecule has 3 saturated carbocycles. The van der Waals surface area contributed by atoms with E-state index < -0.39 is 41.1 Å². The minimum Gasteiger partial charge on any atom is -0.332 e. The second kappa shape index (κ2) is 7.54. The first-order valence-electron chi connectivity index (χ1n) is 10.9. The molecular weight excluding hydrogens is 464 g/mol. The number of fused-ring (bicyclic) bond motifs is 3. The molecule has 12 heteroatoms. The molecule has 0 amide bonds. The highest BCUT2D eigenvalue weighted by Gasteiger charge is 2.55. The van der Waals surface area contributed by atoms with Crippen molar-refractivity contribution in [3.63, 3.8) is 0 Å². The summed E-state index contributed by atoms with van der Waals surface area (Å²) in [5, 5.41) is 12.2. The summed E-state index contributed by atoms with van der Waals surface area (Å²) in [6, 6.07) is 5.25. The smallest absolute Gasteiger partial charge is 0.332 e. The molecule has 2 bridgehead atoms. The van der Waals surface area contributed by atoms with Gasteiger partial charge >= 0.3 is 12.1 Å². The SMILES string of the molecule is Cn1c(-c2ccccc2C(F)(F)F)nnc1C12CCC(c3noc(C(F)(F)CF)n3)(CC1)CC2. The van der Waals surface area contributed by atoms with Crippen LogP contribution in [0.25, 0.3) is 11.4 Å². The van der Waals surface area contributed by atoms with E-state index in [1.807, 2.05) is 0 Å². The second-order valence-corrected chi connectivity index (χ2v) is 9.27. The molecule has 0 N–H and O–H groups in total. The first-order valence-corrected chi connectivity index (χ1v) is 10.9. The lowest BCUT2D eigenvalue weighted by Gasteiger charge is -2.51. The summed E-state index contributed by atoms with van der Waals surface area (Å²) >= 11 is 0. The summed E-state index contributed by atoms with van der Waals surface area (Å²) in [5.41, 5.74) is -1.77. The molecule has 0 atom stereocenters. The molecule has 3 aliphatic rings. The van der Waals surface area contributed by atoms with Crippen molar-refractivity contribution < 1.29 is 30.9 Å². The fraction of sp³-hybridized carbons (Fsp3) is 0.545. The third-order valence-corrected chi connectivity index (χ3v) is 7.45. The number of nitrogens with zero attached hydrogens (tertiary/aromatic N) is 5. The van der Waals surface area contributed by atoms with Gasteiger partial charge in [0.25, 0.3) is 5.89 Å². The lowest BCUT2D eigenvalue weighted by Crippen LogP contribution is -2.48. The number of rotatable bonds is 5. The molecule has 1 aromatic carbocycles. The summed E-state index contributed by atoms with van der Waals surface area (Å²) in [5.74, 6) is -3.96. The zero-order chi connectivity index (χ0) is 24.4. The van der Waals surface area contributed by atoms with Crippen LogP contribution in [0, 0.1) is 0 Å². The van der Waals surface area contributed by atoms with E-state index in [1.54, 1.807) is 11.6 Å². The average molecular weight is 485 g/mol. The first-order chi connectivity index (χ1) is 16.0. The van der Waals surface area contributed by atoms with E-state index in [0.29, 0.717) is 44.3 Å². The van der Waals surface area contributed by atoms with E-state index in [4.69, 9.17) is 0 Å². The number of benzene rings is 1. The van der Waals surface area contributed by atoms with Gasteiger partial charge in [-0.1, -0.05) is 23.4 Å². The lowest BCUT2D eigenvalue weighted by molar-refractivity contribution is -0.137. The van der Waals surface area contributed by atoms with Gasteiger partial charge in [0.15, 0.2) is 18.3 Å². The summed E-state index contributed by atoms with van der Waals surface area (Å²) in [7, 11) is 1.66. The number of hydrogen-bond donors (Lipinski definition) is 0.